The van der Waals surface area contributed by atoms with Gasteiger partial charge in [-0.3, -0.25) is 9.59 Å². The summed E-state index contributed by atoms with van der Waals surface area (Å²) in [5, 5.41) is 12.2. The van der Waals surface area contributed by atoms with Crippen LogP contribution in [0, 0.1) is 5.92 Å². The maximum atomic E-state index is 12.7. The molecule has 0 aliphatic carbocycles. The first-order chi connectivity index (χ1) is 15.5. The van der Waals surface area contributed by atoms with E-state index >= 15 is 0 Å². The lowest BCUT2D eigenvalue weighted by molar-refractivity contribution is -0.116. The summed E-state index contributed by atoms with van der Waals surface area (Å²) >= 11 is 1.37. The summed E-state index contributed by atoms with van der Waals surface area (Å²) < 4.78 is 1.99. The number of benzene rings is 2. The second-order valence-corrected chi connectivity index (χ2v) is 8.84. The third-order valence-corrected chi connectivity index (χ3v) is 5.69. The van der Waals surface area contributed by atoms with Crippen molar-refractivity contribution in [3.8, 4) is 0 Å². The van der Waals surface area contributed by atoms with Crippen molar-refractivity contribution in [1.29, 1.82) is 0 Å². The largest absolute Gasteiger partial charge is 0.326 e. The Morgan fingerprint density at radius 2 is 1.81 bits per heavy atom. The van der Waals surface area contributed by atoms with E-state index in [9.17, 15) is 9.59 Å². The number of anilines is 1. The molecule has 0 fully saturated rings. The third-order valence-electron chi connectivity index (χ3n) is 4.73. The standard InChI is InChI=1S/C25H28N4O2S/c1-4-14-29-23(16-19-8-6-5-7-9-19)27-28-25(29)32-17-22(30)20-10-12-21(13-11-20)26-24(31)15-18(2)3/h4-13,18H,1,14-17H2,2-3H3,(H,26,31). The van der Waals surface area contributed by atoms with Crippen molar-refractivity contribution in [1.82, 2.24) is 14.8 Å². The Kier molecular flexibility index (Phi) is 8.39. The van der Waals surface area contributed by atoms with Crippen LogP contribution in [0.3, 0.4) is 0 Å². The molecule has 1 N–H and O–H groups in total. The first-order valence-corrected chi connectivity index (χ1v) is 11.6. The van der Waals surface area contributed by atoms with E-state index < -0.39 is 0 Å². The first-order valence-electron chi connectivity index (χ1n) is 10.6. The van der Waals surface area contributed by atoms with Crippen LogP contribution in [0.5, 0.6) is 0 Å². The van der Waals surface area contributed by atoms with E-state index in [0.717, 1.165) is 11.4 Å². The third kappa shape index (κ3) is 6.65. The number of nitrogens with one attached hydrogen (secondary N) is 1. The minimum Gasteiger partial charge on any atom is -0.326 e. The Balaban J connectivity index is 1.61. The number of amides is 1. The Hall–Kier alpha value is -3.19. The van der Waals surface area contributed by atoms with Crippen LogP contribution in [0.25, 0.3) is 0 Å². The molecule has 32 heavy (non-hydrogen) atoms. The molecular formula is C25H28N4O2S. The molecule has 0 radical (unpaired) electrons. The van der Waals surface area contributed by atoms with E-state index in [4.69, 9.17) is 0 Å². The van der Waals surface area contributed by atoms with Crippen molar-refractivity contribution in [2.45, 2.75) is 38.4 Å². The molecule has 2 aromatic carbocycles. The molecule has 3 aromatic rings. The van der Waals surface area contributed by atoms with Crippen molar-refractivity contribution < 1.29 is 9.59 Å². The number of hydrogen-bond donors (Lipinski definition) is 1. The van der Waals surface area contributed by atoms with Crippen LogP contribution >= 0.6 is 11.8 Å². The first kappa shape index (κ1) is 23.5. The molecule has 3 rings (SSSR count). The lowest BCUT2D eigenvalue weighted by Gasteiger charge is -2.09. The smallest absolute Gasteiger partial charge is 0.224 e. The molecule has 0 atom stereocenters. The highest BCUT2D eigenvalue weighted by Gasteiger charge is 2.15. The second kappa shape index (κ2) is 11.4. The zero-order valence-corrected chi connectivity index (χ0v) is 19.3. The Bertz CT molecular complexity index is 1060. The number of thioether (sulfide) groups is 1. The van der Waals surface area contributed by atoms with Crippen LogP contribution in [0.15, 0.2) is 72.4 Å². The van der Waals surface area contributed by atoms with Crippen LogP contribution in [-0.4, -0.2) is 32.2 Å². The van der Waals surface area contributed by atoms with Gasteiger partial charge in [-0.1, -0.05) is 62.0 Å². The van der Waals surface area contributed by atoms with Gasteiger partial charge in [0, 0.05) is 30.6 Å². The lowest BCUT2D eigenvalue weighted by Crippen LogP contribution is -2.14. The predicted molar refractivity (Wildman–Crippen MR) is 129 cm³/mol. The van der Waals surface area contributed by atoms with Gasteiger partial charge in [0.15, 0.2) is 10.9 Å². The number of Topliss-reactive ketones (excluding diaryl/α,β-unsaturated/α-hetero) is 1. The molecule has 1 aromatic heterocycles. The monoisotopic (exact) mass is 448 g/mol. The summed E-state index contributed by atoms with van der Waals surface area (Å²) in [7, 11) is 0. The lowest BCUT2D eigenvalue weighted by atomic mass is 10.1. The van der Waals surface area contributed by atoms with Gasteiger partial charge in [0.25, 0.3) is 0 Å². The molecule has 0 aliphatic rings. The molecule has 6 nitrogen and oxygen atoms in total. The predicted octanol–water partition coefficient (Wildman–Crippen LogP) is 5.01. The fourth-order valence-corrected chi connectivity index (χ4v) is 4.04. The van der Waals surface area contributed by atoms with Gasteiger partial charge in [0.05, 0.1) is 5.75 Å². The highest BCUT2D eigenvalue weighted by Crippen LogP contribution is 2.21. The minimum absolute atomic E-state index is 0.00665. The second-order valence-electron chi connectivity index (χ2n) is 7.90. The maximum absolute atomic E-state index is 12.7. The van der Waals surface area contributed by atoms with Gasteiger partial charge in [-0.2, -0.15) is 0 Å². The molecule has 0 saturated carbocycles. The molecule has 0 aliphatic heterocycles. The number of ketones is 1. The van der Waals surface area contributed by atoms with Crippen molar-refractivity contribution in [2.24, 2.45) is 5.92 Å². The van der Waals surface area contributed by atoms with Crippen molar-refractivity contribution in [3.05, 3.63) is 84.2 Å². The number of rotatable bonds is 11. The summed E-state index contributed by atoms with van der Waals surface area (Å²) in [5.74, 6) is 1.35. The Labute approximate surface area is 193 Å². The van der Waals surface area contributed by atoms with Crippen LogP contribution in [0.4, 0.5) is 5.69 Å². The zero-order chi connectivity index (χ0) is 22.9. The summed E-state index contributed by atoms with van der Waals surface area (Å²) in [6, 6.07) is 17.1. The maximum Gasteiger partial charge on any atom is 0.224 e. The highest BCUT2D eigenvalue weighted by atomic mass is 32.2. The van der Waals surface area contributed by atoms with Crippen LogP contribution in [0.2, 0.25) is 0 Å². The molecule has 0 spiro atoms. The fraction of sp³-hybridized carbons (Fsp3) is 0.280. The van der Waals surface area contributed by atoms with Crippen molar-refractivity contribution in [3.63, 3.8) is 0 Å². The van der Waals surface area contributed by atoms with E-state index in [1.165, 1.54) is 11.8 Å². The number of carbonyl (C=O) groups is 2. The average Bonchev–Trinajstić information content (AvgIpc) is 3.14. The number of hydrogen-bond acceptors (Lipinski definition) is 5. The minimum atomic E-state index is -0.0255. The van der Waals surface area contributed by atoms with E-state index in [2.05, 4.69) is 34.2 Å². The molecule has 166 valence electrons. The zero-order valence-electron chi connectivity index (χ0n) is 18.5. The Morgan fingerprint density at radius 1 is 1.09 bits per heavy atom. The topological polar surface area (TPSA) is 76.9 Å². The Morgan fingerprint density at radius 3 is 2.47 bits per heavy atom. The van der Waals surface area contributed by atoms with E-state index in [-0.39, 0.29) is 17.4 Å². The molecule has 1 amide bonds. The van der Waals surface area contributed by atoms with Gasteiger partial charge >= 0.3 is 0 Å². The summed E-state index contributed by atoms with van der Waals surface area (Å²) in [6.45, 7) is 8.41. The highest BCUT2D eigenvalue weighted by molar-refractivity contribution is 7.99. The quantitative estimate of drug-likeness (QED) is 0.253. The van der Waals surface area contributed by atoms with Gasteiger partial charge in [0.2, 0.25) is 5.91 Å². The van der Waals surface area contributed by atoms with Crippen molar-refractivity contribution in [2.75, 3.05) is 11.1 Å². The van der Waals surface area contributed by atoms with Gasteiger partial charge in [0.1, 0.15) is 5.82 Å². The van der Waals surface area contributed by atoms with Crippen LogP contribution in [-0.2, 0) is 17.8 Å². The number of carbonyl (C=O) groups excluding carboxylic acids is 2. The SMILES string of the molecule is C=CCn1c(Cc2ccccc2)nnc1SCC(=O)c1ccc(NC(=O)CC(C)C)cc1. The molecule has 0 bridgehead atoms. The number of nitrogens with zero attached hydrogens (tertiary/aromatic N) is 3. The van der Waals surface area contributed by atoms with Crippen LogP contribution < -0.4 is 5.32 Å². The van der Waals surface area contributed by atoms with E-state index in [1.54, 1.807) is 30.3 Å². The number of allylic oxidation sites excluding steroid dienone is 1. The summed E-state index contributed by atoms with van der Waals surface area (Å²) in [6.07, 6.45) is 2.94. The fourth-order valence-electron chi connectivity index (χ4n) is 3.18. The molecular weight excluding hydrogens is 420 g/mol. The summed E-state index contributed by atoms with van der Waals surface area (Å²) in [4.78, 5) is 24.6. The van der Waals surface area contributed by atoms with Gasteiger partial charge in [-0.05, 0) is 35.7 Å². The average molecular weight is 449 g/mol. The van der Waals surface area contributed by atoms with E-state index in [0.29, 0.717) is 41.7 Å². The van der Waals surface area contributed by atoms with Gasteiger partial charge < -0.3 is 9.88 Å². The molecule has 0 saturated heterocycles. The number of aromatic nitrogens is 3. The molecule has 0 unspecified atom stereocenters. The normalized spacial score (nSPS) is 10.8. The van der Waals surface area contributed by atoms with Gasteiger partial charge in [-0.15, -0.1) is 16.8 Å². The molecule has 7 heteroatoms. The van der Waals surface area contributed by atoms with Gasteiger partial charge in [-0.25, -0.2) is 0 Å². The van der Waals surface area contributed by atoms with E-state index in [1.807, 2.05) is 36.6 Å². The van der Waals surface area contributed by atoms with Crippen LogP contribution in [0.1, 0.15) is 42.0 Å². The summed E-state index contributed by atoms with van der Waals surface area (Å²) in [5.41, 5.74) is 2.44. The van der Waals surface area contributed by atoms with Crippen molar-refractivity contribution >= 4 is 29.1 Å². The molecule has 1 heterocycles.